The lowest BCUT2D eigenvalue weighted by Crippen LogP contribution is -2.31. The summed E-state index contributed by atoms with van der Waals surface area (Å²) >= 11 is 1.24. The van der Waals surface area contributed by atoms with E-state index in [-0.39, 0.29) is 34.9 Å². The third-order valence-electron chi connectivity index (χ3n) is 7.33. The van der Waals surface area contributed by atoms with Crippen LogP contribution in [0.2, 0.25) is 0 Å². The highest BCUT2D eigenvalue weighted by atomic mass is 32.1. The highest BCUT2D eigenvalue weighted by molar-refractivity contribution is 7.13. The molecule has 0 bridgehead atoms. The van der Waals surface area contributed by atoms with E-state index in [1.807, 2.05) is 24.3 Å². The van der Waals surface area contributed by atoms with Gasteiger partial charge in [0.05, 0.1) is 34.7 Å². The van der Waals surface area contributed by atoms with Gasteiger partial charge in [-0.25, -0.2) is 4.98 Å². The molecule has 2 N–H and O–H groups in total. The number of non-ortho nitro benzene ring substituents is 1. The van der Waals surface area contributed by atoms with Gasteiger partial charge in [-0.3, -0.25) is 24.3 Å². The Labute approximate surface area is 238 Å². The summed E-state index contributed by atoms with van der Waals surface area (Å²) < 4.78 is 6.82. The minimum atomic E-state index is -0.464. The maximum absolute atomic E-state index is 14.2. The molecule has 1 aliphatic carbocycles. The van der Waals surface area contributed by atoms with Gasteiger partial charge in [0.25, 0.3) is 11.2 Å². The fraction of sp³-hybridized carbons (Fsp3) is 0.129. The van der Waals surface area contributed by atoms with Gasteiger partial charge in [-0.15, -0.1) is 11.3 Å². The number of anilines is 1. The Hall–Kier alpha value is -5.09. The van der Waals surface area contributed by atoms with Crippen LogP contribution in [0.25, 0.3) is 27.5 Å². The Morgan fingerprint density at radius 1 is 1.00 bits per heavy atom. The number of nitrogens with two attached hydrogens (primary N) is 1. The van der Waals surface area contributed by atoms with Gasteiger partial charge in [0.1, 0.15) is 10.8 Å². The fourth-order valence-electron chi connectivity index (χ4n) is 5.25. The predicted octanol–water partition coefficient (Wildman–Crippen LogP) is 6.04. The van der Waals surface area contributed by atoms with E-state index in [2.05, 4.69) is 4.98 Å². The van der Waals surface area contributed by atoms with E-state index in [0.29, 0.717) is 45.3 Å². The number of ketones is 1. The molecule has 3 aromatic carbocycles. The Bertz CT molecular complexity index is 1880. The number of carbonyl (C=O) groups excluding carboxylic acids is 1. The maximum atomic E-state index is 14.2. The number of nitrogens with zero attached hydrogens (tertiary/aromatic N) is 3. The van der Waals surface area contributed by atoms with E-state index < -0.39 is 4.92 Å². The third kappa shape index (κ3) is 4.78. The Morgan fingerprint density at radius 3 is 2.51 bits per heavy atom. The van der Waals surface area contributed by atoms with Gasteiger partial charge in [0.2, 0.25) is 0 Å². The number of rotatable bonds is 6. The highest BCUT2D eigenvalue weighted by Crippen LogP contribution is 2.37. The molecule has 0 amide bonds. The van der Waals surface area contributed by atoms with E-state index >= 15 is 0 Å². The number of thiazole rings is 1. The summed E-state index contributed by atoms with van der Waals surface area (Å²) in [5.41, 5.74) is 10.2. The second-order valence-corrected chi connectivity index (χ2v) is 10.6. The number of nitro benzene ring substituents is 1. The monoisotopic (exact) mass is 564 g/mol. The quantitative estimate of drug-likeness (QED) is 0.151. The number of Topliss-reactive ketones (excluding diaryl/α,β-unsaturated/α-hetero) is 1. The van der Waals surface area contributed by atoms with Crippen molar-refractivity contribution in [1.29, 1.82) is 0 Å². The van der Waals surface area contributed by atoms with Gasteiger partial charge in [0.15, 0.2) is 5.78 Å². The van der Waals surface area contributed by atoms with Crippen molar-refractivity contribution < 1.29 is 14.5 Å². The van der Waals surface area contributed by atoms with Crippen molar-refractivity contribution in [2.75, 3.05) is 12.8 Å². The topological polar surface area (TPSA) is 130 Å². The molecular formula is C31H24N4O5S. The predicted molar refractivity (Wildman–Crippen MR) is 158 cm³/mol. The average molecular weight is 565 g/mol. The van der Waals surface area contributed by atoms with E-state index in [1.165, 1.54) is 23.5 Å². The number of ether oxygens (including phenoxy) is 1. The number of hydrogen-bond acceptors (Lipinski definition) is 8. The zero-order valence-corrected chi connectivity index (χ0v) is 22.8. The first-order valence-corrected chi connectivity index (χ1v) is 13.7. The average Bonchev–Trinajstić information content (AvgIpc) is 3.48. The number of methoxy groups -OCH3 is 1. The zero-order valence-electron chi connectivity index (χ0n) is 21.9. The molecule has 0 radical (unpaired) electrons. The molecule has 0 saturated carbocycles. The number of carbonyl (C=O) groups is 1. The fourth-order valence-corrected chi connectivity index (χ4v) is 6.09. The van der Waals surface area contributed by atoms with Crippen molar-refractivity contribution >= 4 is 28.5 Å². The lowest BCUT2D eigenvalue weighted by atomic mass is 9.81. The van der Waals surface area contributed by atoms with Crippen LogP contribution in [0, 0.1) is 10.1 Å². The molecule has 10 heteroatoms. The van der Waals surface area contributed by atoms with Crippen LogP contribution < -0.4 is 16.0 Å². The number of fused-ring (bicyclic) bond motifs is 1. The van der Waals surface area contributed by atoms with Crippen LogP contribution in [0.15, 0.2) is 89.0 Å². The van der Waals surface area contributed by atoms with Crippen molar-refractivity contribution in [2.45, 2.75) is 18.8 Å². The van der Waals surface area contributed by atoms with Gasteiger partial charge in [-0.05, 0) is 48.2 Å². The lowest BCUT2D eigenvalue weighted by molar-refractivity contribution is -0.384. The Balaban J connectivity index is 1.49. The van der Waals surface area contributed by atoms with Crippen molar-refractivity contribution in [2.24, 2.45) is 0 Å². The number of benzene rings is 3. The van der Waals surface area contributed by atoms with Crippen molar-refractivity contribution in [3.05, 3.63) is 122 Å². The first-order valence-electron chi connectivity index (χ1n) is 12.9. The number of aromatic nitrogens is 2. The molecule has 0 unspecified atom stereocenters. The van der Waals surface area contributed by atoms with E-state index in [0.717, 1.165) is 11.3 Å². The Morgan fingerprint density at radius 2 is 1.78 bits per heavy atom. The van der Waals surface area contributed by atoms with Crippen molar-refractivity contribution in [1.82, 2.24) is 9.55 Å². The molecule has 5 aromatic rings. The minimum Gasteiger partial charge on any atom is -0.497 e. The molecule has 6 rings (SSSR count). The van der Waals surface area contributed by atoms with Gasteiger partial charge >= 0.3 is 0 Å². The van der Waals surface area contributed by atoms with Crippen LogP contribution in [-0.4, -0.2) is 27.4 Å². The number of pyridine rings is 1. The zero-order chi connectivity index (χ0) is 28.7. The SMILES string of the molecule is COc1ccc([C@H]2CC(=O)c3cc(-c4nc(-c5cccc([N+](=O)[O-])c5)cs4)c(=O)n(-c4ccccc4N)c3C2)cc1. The first-order chi connectivity index (χ1) is 19.8. The summed E-state index contributed by atoms with van der Waals surface area (Å²) in [5, 5.41) is 13.4. The van der Waals surface area contributed by atoms with E-state index in [1.54, 1.807) is 59.5 Å². The van der Waals surface area contributed by atoms with Crippen LogP contribution in [0.3, 0.4) is 0 Å². The van der Waals surface area contributed by atoms with Gasteiger partial charge in [-0.2, -0.15) is 0 Å². The molecule has 2 aromatic heterocycles. The van der Waals surface area contributed by atoms with Crippen LogP contribution in [0.4, 0.5) is 11.4 Å². The van der Waals surface area contributed by atoms with Crippen LogP contribution >= 0.6 is 11.3 Å². The molecule has 41 heavy (non-hydrogen) atoms. The molecule has 1 aliphatic rings. The standard InChI is InChI=1S/C31H24N4O5S/c1-40-22-11-9-18(10-12-22)20-14-28-23(29(36)15-20)16-24(31(37)34(28)27-8-3-2-7-25(27)32)30-33-26(17-41-30)19-5-4-6-21(13-19)35(38)39/h2-13,16-17,20H,14-15,32H2,1H3/t20-/m1/s1. The molecule has 1 atom stereocenters. The lowest BCUT2D eigenvalue weighted by Gasteiger charge is -2.28. The summed E-state index contributed by atoms with van der Waals surface area (Å²) in [4.78, 5) is 43.3. The third-order valence-corrected chi connectivity index (χ3v) is 8.20. The minimum absolute atomic E-state index is 0.0512. The molecular weight excluding hydrogens is 540 g/mol. The summed E-state index contributed by atoms with van der Waals surface area (Å²) in [7, 11) is 1.60. The van der Waals surface area contributed by atoms with Crippen molar-refractivity contribution in [3.8, 4) is 33.3 Å². The van der Waals surface area contributed by atoms with Gasteiger partial charge in [-0.1, -0.05) is 36.4 Å². The summed E-state index contributed by atoms with van der Waals surface area (Å²) in [6.07, 6.45) is 0.756. The highest BCUT2D eigenvalue weighted by Gasteiger charge is 2.31. The second kappa shape index (κ2) is 10.5. The molecule has 2 heterocycles. The molecule has 204 valence electrons. The smallest absolute Gasteiger partial charge is 0.270 e. The van der Waals surface area contributed by atoms with E-state index in [4.69, 9.17) is 10.5 Å². The Kier molecular flexibility index (Phi) is 6.68. The maximum Gasteiger partial charge on any atom is 0.270 e. The van der Waals surface area contributed by atoms with E-state index in [9.17, 15) is 19.7 Å². The molecule has 0 fully saturated rings. The van der Waals surface area contributed by atoms with Crippen molar-refractivity contribution in [3.63, 3.8) is 0 Å². The molecule has 0 saturated heterocycles. The van der Waals surface area contributed by atoms with Gasteiger partial charge in [0, 0.05) is 40.8 Å². The number of nitrogen functional groups attached to an aromatic ring is 1. The molecule has 0 aliphatic heterocycles. The number of nitro groups is 1. The second-order valence-electron chi connectivity index (χ2n) is 9.76. The molecule has 9 nitrogen and oxygen atoms in total. The summed E-state index contributed by atoms with van der Waals surface area (Å²) in [5.74, 6) is 0.525. The summed E-state index contributed by atoms with van der Waals surface area (Å²) in [6, 6.07) is 22.5. The normalized spacial score (nSPS) is 14.5. The van der Waals surface area contributed by atoms with Gasteiger partial charge < -0.3 is 10.5 Å². The van der Waals surface area contributed by atoms with Crippen LogP contribution in [0.1, 0.15) is 34.0 Å². The number of para-hydroxylation sites is 2. The number of hydrogen-bond donors (Lipinski definition) is 1. The summed E-state index contributed by atoms with van der Waals surface area (Å²) in [6.45, 7) is 0. The largest absolute Gasteiger partial charge is 0.497 e. The van der Waals surface area contributed by atoms with Crippen LogP contribution in [-0.2, 0) is 6.42 Å². The first kappa shape index (κ1) is 26.1. The van der Waals surface area contributed by atoms with Crippen LogP contribution in [0.5, 0.6) is 5.75 Å². The molecule has 0 spiro atoms.